The highest BCUT2D eigenvalue weighted by Gasteiger charge is 2.23. The quantitative estimate of drug-likeness (QED) is 0.269. The van der Waals surface area contributed by atoms with Gasteiger partial charge in [0.05, 0.1) is 23.6 Å². The zero-order chi connectivity index (χ0) is 22.1. The Bertz CT molecular complexity index is 1260. The Balaban J connectivity index is 2.27. The molecule has 0 atom stereocenters. The fourth-order valence-corrected chi connectivity index (χ4v) is 4.15. The summed E-state index contributed by atoms with van der Waals surface area (Å²) in [6.45, 7) is 3.60. The Hall–Kier alpha value is -3.20. The van der Waals surface area contributed by atoms with Crippen LogP contribution >= 0.6 is 0 Å². The summed E-state index contributed by atoms with van der Waals surface area (Å²) in [5.74, 6) is 3.77. The molecule has 0 aliphatic heterocycles. The number of benzene rings is 2. The number of aromatic amines is 1. The van der Waals surface area contributed by atoms with Gasteiger partial charge in [0.1, 0.15) is 11.5 Å². The molecule has 158 valence electrons. The van der Waals surface area contributed by atoms with E-state index in [2.05, 4.69) is 10.1 Å². The van der Waals surface area contributed by atoms with Gasteiger partial charge < -0.3 is 15.6 Å². The third-order valence-electron chi connectivity index (χ3n) is 4.66. The number of hydrogen-bond donors (Lipinski definition) is 2. The Morgan fingerprint density at radius 3 is 2.60 bits per heavy atom. The van der Waals surface area contributed by atoms with Crippen molar-refractivity contribution in [3.05, 3.63) is 59.0 Å². The maximum Gasteiger partial charge on any atom is 0.355 e. The molecule has 9 heteroatoms. The SMILES string of the molecule is CCOC(=O)c1[nH]c2c(/C(C)=N\N)cccc2c1-c1ccc(CS(C)(=O)=O)c(F)c1. The molecule has 0 spiro atoms. The van der Waals surface area contributed by atoms with Crippen LogP contribution in [-0.4, -0.2) is 37.9 Å². The highest BCUT2D eigenvalue weighted by atomic mass is 32.2. The zero-order valence-corrected chi connectivity index (χ0v) is 17.6. The van der Waals surface area contributed by atoms with E-state index in [-0.39, 0.29) is 17.9 Å². The maximum atomic E-state index is 14.7. The number of carbonyl (C=O) groups is 1. The first-order valence-electron chi connectivity index (χ1n) is 9.19. The van der Waals surface area contributed by atoms with Crippen LogP contribution in [0.15, 0.2) is 41.5 Å². The number of rotatable bonds is 6. The summed E-state index contributed by atoms with van der Waals surface area (Å²) in [7, 11) is -3.39. The molecule has 2 aromatic carbocycles. The Kier molecular flexibility index (Phi) is 5.93. The second kappa shape index (κ2) is 8.27. The number of para-hydroxylation sites is 1. The fraction of sp³-hybridized carbons (Fsp3) is 0.238. The molecule has 1 heterocycles. The van der Waals surface area contributed by atoms with Crippen LogP contribution in [-0.2, 0) is 20.3 Å². The first-order chi connectivity index (χ1) is 14.2. The third kappa shape index (κ3) is 4.20. The lowest BCUT2D eigenvalue weighted by Crippen LogP contribution is -2.07. The second-order valence-corrected chi connectivity index (χ2v) is 9.05. The zero-order valence-electron chi connectivity index (χ0n) is 16.8. The van der Waals surface area contributed by atoms with E-state index in [1.165, 1.54) is 12.1 Å². The first-order valence-corrected chi connectivity index (χ1v) is 11.3. The van der Waals surface area contributed by atoms with Crippen LogP contribution in [0.4, 0.5) is 4.39 Å². The highest BCUT2D eigenvalue weighted by Crippen LogP contribution is 2.35. The number of carbonyl (C=O) groups excluding carboxylic acids is 1. The highest BCUT2D eigenvalue weighted by molar-refractivity contribution is 7.89. The van der Waals surface area contributed by atoms with Gasteiger partial charge in [-0.3, -0.25) is 0 Å². The van der Waals surface area contributed by atoms with Crippen LogP contribution in [0, 0.1) is 5.82 Å². The summed E-state index contributed by atoms with van der Waals surface area (Å²) in [5.41, 5.74) is 2.96. The molecule has 3 rings (SSSR count). The van der Waals surface area contributed by atoms with Gasteiger partial charge in [0.15, 0.2) is 9.84 Å². The molecule has 0 bridgehead atoms. The summed E-state index contributed by atoms with van der Waals surface area (Å²) in [5, 5.41) is 4.39. The largest absolute Gasteiger partial charge is 0.461 e. The number of esters is 1. The van der Waals surface area contributed by atoms with Gasteiger partial charge in [0.2, 0.25) is 0 Å². The van der Waals surface area contributed by atoms with Crippen molar-refractivity contribution in [2.45, 2.75) is 19.6 Å². The minimum Gasteiger partial charge on any atom is -0.461 e. The Morgan fingerprint density at radius 1 is 1.27 bits per heavy atom. The van der Waals surface area contributed by atoms with Gasteiger partial charge >= 0.3 is 5.97 Å². The van der Waals surface area contributed by atoms with Gasteiger partial charge in [-0.2, -0.15) is 5.10 Å². The smallest absolute Gasteiger partial charge is 0.355 e. The van der Waals surface area contributed by atoms with Gasteiger partial charge in [-0.1, -0.05) is 30.3 Å². The van der Waals surface area contributed by atoms with E-state index in [1.54, 1.807) is 38.1 Å². The molecule has 7 nitrogen and oxygen atoms in total. The third-order valence-corrected chi connectivity index (χ3v) is 5.49. The van der Waals surface area contributed by atoms with Crippen LogP contribution in [0.2, 0.25) is 0 Å². The fourth-order valence-electron chi connectivity index (χ4n) is 3.35. The second-order valence-electron chi connectivity index (χ2n) is 6.91. The van der Waals surface area contributed by atoms with E-state index < -0.39 is 27.4 Å². The van der Waals surface area contributed by atoms with E-state index >= 15 is 0 Å². The van der Waals surface area contributed by atoms with E-state index in [9.17, 15) is 17.6 Å². The molecule has 0 radical (unpaired) electrons. The Morgan fingerprint density at radius 2 is 2.00 bits per heavy atom. The number of nitrogens with one attached hydrogen (secondary N) is 1. The number of hydrazone groups is 1. The predicted molar refractivity (Wildman–Crippen MR) is 115 cm³/mol. The molecule has 0 aliphatic rings. The lowest BCUT2D eigenvalue weighted by molar-refractivity contribution is 0.0521. The number of sulfone groups is 1. The van der Waals surface area contributed by atoms with E-state index in [0.717, 1.165) is 6.26 Å². The molecule has 0 aliphatic carbocycles. The van der Waals surface area contributed by atoms with Crippen molar-refractivity contribution in [1.29, 1.82) is 0 Å². The van der Waals surface area contributed by atoms with E-state index in [4.69, 9.17) is 10.6 Å². The minimum atomic E-state index is -3.39. The minimum absolute atomic E-state index is 0.0607. The summed E-state index contributed by atoms with van der Waals surface area (Å²) in [6, 6.07) is 9.61. The van der Waals surface area contributed by atoms with E-state index in [0.29, 0.717) is 33.3 Å². The van der Waals surface area contributed by atoms with Gasteiger partial charge in [0.25, 0.3) is 0 Å². The molecule has 3 aromatic rings. The average Bonchev–Trinajstić information content (AvgIpc) is 3.08. The van der Waals surface area contributed by atoms with Crippen LogP contribution in [0.5, 0.6) is 0 Å². The normalized spacial score (nSPS) is 12.3. The monoisotopic (exact) mass is 431 g/mol. The van der Waals surface area contributed by atoms with E-state index in [1.807, 2.05) is 0 Å². The van der Waals surface area contributed by atoms with Gasteiger partial charge in [-0.25, -0.2) is 17.6 Å². The van der Waals surface area contributed by atoms with Crippen LogP contribution in [0.3, 0.4) is 0 Å². The molecular weight excluding hydrogens is 409 g/mol. The number of aromatic nitrogens is 1. The first kappa shape index (κ1) is 21.5. The summed E-state index contributed by atoms with van der Waals surface area (Å²) < 4.78 is 42.9. The number of hydrogen-bond acceptors (Lipinski definition) is 6. The molecule has 0 fully saturated rings. The standard InChI is InChI=1S/C21H22FN3O4S/c1-4-29-21(26)20-18(13-8-9-14(17(22)10-13)11-30(3,27)28)16-7-5-6-15(12(2)25-23)19(16)24-20/h5-10,24H,4,11,23H2,1-3H3/b25-12-. The van der Waals surface area contributed by atoms with Gasteiger partial charge in [-0.15, -0.1) is 0 Å². The molecule has 0 unspecified atom stereocenters. The predicted octanol–water partition coefficient (Wildman–Crippen LogP) is 3.38. The molecular formula is C21H22FN3O4S. The van der Waals surface area contributed by atoms with Crippen LogP contribution in [0.25, 0.3) is 22.0 Å². The van der Waals surface area contributed by atoms with Crippen molar-refractivity contribution in [1.82, 2.24) is 4.98 Å². The number of ether oxygens (including phenoxy) is 1. The van der Waals surface area contributed by atoms with Crippen molar-refractivity contribution >= 4 is 32.4 Å². The van der Waals surface area contributed by atoms with Crippen molar-refractivity contribution in [2.75, 3.05) is 12.9 Å². The van der Waals surface area contributed by atoms with Crippen molar-refractivity contribution in [3.8, 4) is 11.1 Å². The van der Waals surface area contributed by atoms with Crippen LogP contribution < -0.4 is 5.84 Å². The van der Waals surface area contributed by atoms with Crippen LogP contribution in [0.1, 0.15) is 35.5 Å². The van der Waals surface area contributed by atoms with Crippen molar-refractivity contribution in [3.63, 3.8) is 0 Å². The number of H-pyrrole nitrogens is 1. The molecule has 0 saturated heterocycles. The van der Waals surface area contributed by atoms with Crippen molar-refractivity contribution in [2.24, 2.45) is 10.9 Å². The lowest BCUT2D eigenvalue weighted by atomic mass is 9.98. The average molecular weight is 431 g/mol. The van der Waals surface area contributed by atoms with Crippen molar-refractivity contribution < 1.29 is 22.3 Å². The number of nitrogens with two attached hydrogens (primary N) is 1. The number of nitrogens with zero attached hydrogens (tertiary/aromatic N) is 1. The number of fused-ring (bicyclic) bond motifs is 1. The summed E-state index contributed by atoms with van der Waals surface area (Å²) in [4.78, 5) is 15.7. The lowest BCUT2D eigenvalue weighted by Gasteiger charge is -2.08. The molecule has 3 N–H and O–H groups in total. The molecule has 0 saturated carbocycles. The van der Waals surface area contributed by atoms with Gasteiger partial charge in [-0.05, 0) is 25.5 Å². The van der Waals surface area contributed by atoms with Gasteiger partial charge in [0, 0.05) is 28.3 Å². The maximum absolute atomic E-state index is 14.7. The molecule has 0 amide bonds. The topological polar surface area (TPSA) is 115 Å². The molecule has 1 aromatic heterocycles. The Labute approximate surface area is 173 Å². The summed E-state index contributed by atoms with van der Waals surface area (Å²) >= 11 is 0. The molecule has 30 heavy (non-hydrogen) atoms. The summed E-state index contributed by atoms with van der Waals surface area (Å²) in [6.07, 6.45) is 1.04. The number of halogens is 1.